The maximum absolute atomic E-state index is 13.1. The number of nitrogens with zero attached hydrogens (tertiary/aromatic N) is 4. The van der Waals surface area contributed by atoms with Crippen molar-refractivity contribution in [2.45, 2.75) is 31.3 Å². The summed E-state index contributed by atoms with van der Waals surface area (Å²) in [6, 6.07) is 11.3. The van der Waals surface area contributed by atoms with Crippen molar-refractivity contribution in [3.05, 3.63) is 58.6 Å². The van der Waals surface area contributed by atoms with E-state index in [-0.39, 0.29) is 11.8 Å². The largest absolute Gasteiger partial charge is 0.271 e. The lowest BCUT2D eigenvalue weighted by Crippen LogP contribution is -2.40. The molecule has 130 valence electrons. The Balaban J connectivity index is 1.52. The summed E-state index contributed by atoms with van der Waals surface area (Å²) < 4.78 is 0. The topological polar surface area (TPSA) is 65.3 Å². The smallest absolute Gasteiger partial charge is 0.263 e. The summed E-state index contributed by atoms with van der Waals surface area (Å²) in [7, 11) is 0. The summed E-state index contributed by atoms with van der Waals surface area (Å²) in [5.41, 5.74) is 3.70. The molecular weight excluding hydrogens is 352 g/mol. The van der Waals surface area contributed by atoms with Gasteiger partial charge in [-0.05, 0) is 54.7 Å². The molecule has 1 fully saturated rings. The Labute approximate surface area is 155 Å². The fourth-order valence-electron chi connectivity index (χ4n) is 3.95. The number of hydrogen-bond acceptors (Lipinski definition) is 5. The number of hydrogen-bond donors (Lipinski definition) is 0. The molecule has 2 heterocycles. The first-order chi connectivity index (χ1) is 12.6. The molecule has 1 saturated heterocycles. The van der Waals surface area contributed by atoms with Crippen LogP contribution in [0.1, 0.15) is 17.5 Å². The number of halogens is 1. The Morgan fingerprint density at radius 1 is 1.00 bits per heavy atom. The second-order valence-corrected chi connectivity index (χ2v) is 7.12. The van der Waals surface area contributed by atoms with Crippen molar-refractivity contribution in [2.75, 3.05) is 9.91 Å². The zero-order chi connectivity index (χ0) is 17.8. The van der Waals surface area contributed by atoms with Gasteiger partial charge in [0.1, 0.15) is 0 Å². The lowest BCUT2D eigenvalue weighted by molar-refractivity contribution is -0.121. The molecule has 2 amide bonds. The number of aryl methyl sites for hydroxylation is 2. The number of benzene rings is 2. The molecule has 3 aliphatic rings. The molecule has 0 radical (unpaired) electrons. The molecule has 2 atom stereocenters. The Morgan fingerprint density at radius 2 is 1.81 bits per heavy atom. The summed E-state index contributed by atoms with van der Waals surface area (Å²) in [5.74, 6) is -0.654. The first kappa shape index (κ1) is 15.5. The van der Waals surface area contributed by atoms with E-state index in [4.69, 9.17) is 11.6 Å². The molecule has 0 N–H and O–H groups in total. The van der Waals surface area contributed by atoms with Gasteiger partial charge in [0.05, 0.1) is 16.4 Å². The normalized spacial score (nSPS) is 23.7. The van der Waals surface area contributed by atoms with Crippen LogP contribution in [0, 0.1) is 0 Å². The molecule has 2 aromatic carbocycles. The third-order valence-electron chi connectivity index (χ3n) is 5.22. The van der Waals surface area contributed by atoms with Gasteiger partial charge in [-0.1, -0.05) is 35.0 Å². The van der Waals surface area contributed by atoms with E-state index < -0.39 is 12.1 Å². The second-order valence-electron chi connectivity index (χ2n) is 6.71. The Bertz CT molecular complexity index is 974. The lowest BCUT2D eigenvalue weighted by atomic mass is 10.1. The van der Waals surface area contributed by atoms with Crippen molar-refractivity contribution in [3.8, 4) is 0 Å². The van der Waals surface area contributed by atoms with Gasteiger partial charge in [0.2, 0.25) is 0 Å². The minimum absolute atomic E-state index is 0.317. The molecule has 6 nitrogen and oxygen atoms in total. The standard InChI is InChI=1S/C19H15ClN4O2/c20-14-6-1-2-7-15(14)24-17-16(21-22-24)18(25)23(19(17)26)13-9-8-11-4-3-5-12(11)10-13/h1-2,6-10,16-17H,3-5H2/t16-,17-/m0/s1. The molecular formula is C19H15ClN4O2. The highest BCUT2D eigenvalue weighted by atomic mass is 35.5. The summed E-state index contributed by atoms with van der Waals surface area (Å²) in [4.78, 5) is 27.2. The molecule has 0 spiro atoms. The van der Waals surface area contributed by atoms with E-state index in [2.05, 4.69) is 10.3 Å². The van der Waals surface area contributed by atoms with Gasteiger partial charge in [0.25, 0.3) is 11.8 Å². The fourth-order valence-corrected chi connectivity index (χ4v) is 4.17. The van der Waals surface area contributed by atoms with Gasteiger partial charge in [0.15, 0.2) is 12.1 Å². The Kier molecular flexibility index (Phi) is 3.37. The van der Waals surface area contributed by atoms with E-state index in [0.717, 1.165) is 19.3 Å². The van der Waals surface area contributed by atoms with Crippen LogP contribution >= 0.6 is 11.6 Å². The average Bonchev–Trinajstić information content (AvgIpc) is 3.33. The first-order valence-corrected chi connectivity index (χ1v) is 8.97. The first-order valence-electron chi connectivity index (χ1n) is 8.59. The highest BCUT2D eigenvalue weighted by Crippen LogP contribution is 2.38. The number of rotatable bonds is 2. The van der Waals surface area contributed by atoms with E-state index in [1.54, 1.807) is 18.2 Å². The molecule has 2 aromatic rings. The summed E-state index contributed by atoms with van der Waals surface area (Å²) >= 11 is 6.24. The van der Waals surface area contributed by atoms with Gasteiger partial charge < -0.3 is 0 Å². The summed E-state index contributed by atoms with van der Waals surface area (Å²) in [6.07, 6.45) is 3.15. The van der Waals surface area contributed by atoms with Crippen molar-refractivity contribution in [2.24, 2.45) is 10.3 Å². The predicted molar refractivity (Wildman–Crippen MR) is 97.3 cm³/mol. The number of fused-ring (bicyclic) bond motifs is 2. The van der Waals surface area contributed by atoms with Crippen LogP contribution in [0.4, 0.5) is 11.4 Å². The predicted octanol–water partition coefficient (Wildman–Crippen LogP) is 3.33. The number of anilines is 2. The minimum atomic E-state index is -0.827. The van der Waals surface area contributed by atoms with E-state index in [1.807, 2.05) is 24.3 Å². The maximum atomic E-state index is 13.1. The van der Waals surface area contributed by atoms with Crippen molar-refractivity contribution < 1.29 is 9.59 Å². The van der Waals surface area contributed by atoms with Crippen LogP contribution in [0.25, 0.3) is 0 Å². The minimum Gasteiger partial charge on any atom is -0.271 e. The van der Waals surface area contributed by atoms with Crippen LogP contribution in [-0.2, 0) is 22.4 Å². The van der Waals surface area contributed by atoms with Crippen molar-refractivity contribution in [3.63, 3.8) is 0 Å². The van der Waals surface area contributed by atoms with E-state index in [9.17, 15) is 9.59 Å². The van der Waals surface area contributed by atoms with Gasteiger partial charge in [-0.25, -0.2) is 9.91 Å². The molecule has 2 aliphatic heterocycles. The van der Waals surface area contributed by atoms with Crippen molar-refractivity contribution in [1.29, 1.82) is 0 Å². The van der Waals surface area contributed by atoms with Crippen LogP contribution in [0.2, 0.25) is 5.02 Å². The monoisotopic (exact) mass is 366 g/mol. The van der Waals surface area contributed by atoms with Gasteiger partial charge in [0, 0.05) is 0 Å². The number of para-hydroxylation sites is 1. The second kappa shape index (κ2) is 5.64. The molecule has 26 heavy (non-hydrogen) atoms. The number of amides is 2. The highest BCUT2D eigenvalue weighted by Gasteiger charge is 2.55. The van der Waals surface area contributed by atoms with E-state index in [1.165, 1.54) is 21.0 Å². The third-order valence-corrected chi connectivity index (χ3v) is 5.54. The molecule has 0 bridgehead atoms. The van der Waals surface area contributed by atoms with Crippen LogP contribution in [0.3, 0.4) is 0 Å². The number of carbonyl (C=O) groups is 2. The van der Waals surface area contributed by atoms with E-state index >= 15 is 0 Å². The zero-order valence-electron chi connectivity index (χ0n) is 13.8. The third kappa shape index (κ3) is 2.12. The molecule has 1 aliphatic carbocycles. The molecule has 0 aromatic heterocycles. The van der Waals surface area contributed by atoms with Gasteiger partial charge in [-0.3, -0.25) is 9.59 Å². The molecule has 7 heteroatoms. The average molecular weight is 367 g/mol. The maximum Gasteiger partial charge on any atom is 0.263 e. The zero-order valence-corrected chi connectivity index (χ0v) is 14.6. The fraction of sp³-hybridized carbons (Fsp3) is 0.263. The molecule has 0 saturated carbocycles. The van der Waals surface area contributed by atoms with E-state index in [0.29, 0.717) is 16.4 Å². The Hall–Kier alpha value is -2.73. The van der Waals surface area contributed by atoms with Crippen LogP contribution < -0.4 is 9.91 Å². The molecule has 5 rings (SSSR count). The van der Waals surface area contributed by atoms with Gasteiger partial charge in [-0.15, -0.1) is 0 Å². The van der Waals surface area contributed by atoms with Gasteiger partial charge in [-0.2, -0.15) is 5.11 Å². The number of imide groups is 1. The van der Waals surface area contributed by atoms with Crippen molar-refractivity contribution in [1.82, 2.24) is 0 Å². The van der Waals surface area contributed by atoms with Crippen LogP contribution in [0.15, 0.2) is 52.8 Å². The van der Waals surface area contributed by atoms with Gasteiger partial charge >= 0.3 is 0 Å². The summed E-state index contributed by atoms with van der Waals surface area (Å²) in [6.45, 7) is 0. The van der Waals surface area contributed by atoms with Crippen molar-refractivity contribution >= 4 is 34.8 Å². The summed E-state index contributed by atoms with van der Waals surface area (Å²) in [5, 5.41) is 10.0. The highest BCUT2D eigenvalue weighted by molar-refractivity contribution is 6.33. The quantitative estimate of drug-likeness (QED) is 0.766. The Morgan fingerprint density at radius 3 is 2.65 bits per heavy atom. The number of carbonyl (C=O) groups excluding carboxylic acids is 2. The molecule has 0 unspecified atom stereocenters. The van der Waals surface area contributed by atoms with Crippen LogP contribution in [-0.4, -0.2) is 23.9 Å². The van der Waals surface area contributed by atoms with Crippen LogP contribution in [0.5, 0.6) is 0 Å². The SMILES string of the molecule is O=C1[C@H]2N=NN(c3ccccc3Cl)[C@@H]2C(=O)N1c1ccc2c(c1)CCC2. The lowest BCUT2D eigenvalue weighted by Gasteiger charge is -2.21.